The van der Waals surface area contributed by atoms with Gasteiger partial charge in [-0.3, -0.25) is 0 Å². The van der Waals surface area contributed by atoms with Crippen molar-refractivity contribution in [3.63, 3.8) is 0 Å². The Bertz CT molecular complexity index is 382. The molecular formula is C13H21ClN2S. The van der Waals surface area contributed by atoms with Gasteiger partial charge in [0.15, 0.2) is 5.13 Å². The Kier molecular flexibility index (Phi) is 3.43. The molecule has 1 aromatic rings. The molecule has 0 aromatic carbocycles. The van der Waals surface area contributed by atoms with Crippen LogP contribution in [0.4, 0.5) is 5.13 Å². The molecule has 0 aliphatic heterocycles. The van der Waals surface area contributed by atoms with E-state index in [-0.39, 0.29) is 0 Å². The summed E-state index contributed by atoms with van der Waals surface area (Å²) in [5, 5.41) is 6.96. The number of thiazole rings is 1. The summed E-state index contributed by atoms with van der Waals surface area (Å²) in [6.07, 6.45) is 3.69. The number of halogens is 1. The quantitative estimate of drug-likeness (QED) is 0.835. The fourth-order valence-electron chi connectivity index (χ4n) is 3.44. The van der Waals surface area contributed by atoms with E-state index in [4.69, 9.17) is 11.6 Å². The van der Waals surface area contributed by atoms with Gasteiger partial charge in [-0.15, -0.1) is 11.3 Å². The highest BCUT2D eigenvalue weighted by atomic mass is 35.5. The Morgan fingerprint density at radius 3 is 2.35 bits per heavy atom. The van der Waals surface area contributed by atoms with Crippen molar-refractivity contribution in [2.45, 2.75) is 53.0 Å². The molecule has 0 unspecified atom stereocenters. The molecule has 0 radical (unpaired) electrons. The SMILES string of the molecule is CC1(C)CC(Nc2nc(Cl)cs2)CC(C)(C)C1. The molecule has 2 nitrogen and oxygen atoms in total. The summed E-state index contributed by atoms with van der Waals surface area (Å²) >= 11 is 7.44. The van der Waals surface area contributed by atoms with Crippen molar-refractivity contribution in [3.8, 4) is 0 Å². The molecule has 0 spiro atoms. The molecule has 0 bridgehead atoms. The summed E-state index contributed by atoms with van der Waals surface area (Å²) < 4.78 is 0. The first-order valence-electron chi connectivity index (χ1n) is 6.13. The third-order valence-electron chi connectivity index (χ3n) is 3.36. The van der Waals surface area contributed by atoms with Crippen molar-refractivity contribution < 1.29 is 0 Å². The lowest BCUT2D eigenvalue weighted by Gasteiger charge is -2.45. The number of hydrogen-bond donors (Lipinski definition) is 1. The summed E-state index contributed by atoms with van der Waals surface area (Å²) in [6.45, 7) is 9.43. The van der Waals surface area contributed by atoms with Gasteiger partial charge < -0.3 is 5.32 Å². The molecule has 1 aliphatic carbocycles. The summed E-state index contributed by atoms with van der Waals surface area (Å²) in [4.78, 5) is 4.27. The van der Waals surface area contributed by atoms with Crippen molar-refractivity contribution in [3.05, 3.63) is 10.5 Å². The Hall–Kier alpha value is -0.280. The Balaban J connectivity index is 2.06. The molecule has 17 heavy (non-hydrogen) atoms. The number of aromatic nitrogens is 1. The van der Waals surface area contributed by atoms with Crippen molar-refractivity contribution in [1.29, 1.82) is 0 Å². The maximum Gasteiger partial charge on any atom is 0.184 e. The number of nitrogens with one attached hydrogen (secondary N) is 1. The van der Waals surface area contributed by atoms with Gasteiger partial charge in [0.05, 0.1) is 0 Å². The molecular weight excluding hydrogens is 252 g/mol. The van der Waals surface area contributed by atoms with Gasteiger partial charge in [0.1, 0.15) is 5.15 Å². The highest BCUT2D eigenvalue weighted by Crippen LogP contribution is 2.46. The maximum atomic E-state index is 5.85. The highest BCUT2D eigenvalue weighted by Gasteiger charge is 2.38. The predicted molar refractivity (Wildman–Crippen MR) is 75.9 cm³/mol. The zero-order valence-electron chi connectivity index (χ0n) is 11.0. The number of hydrogen-bond acceptors (Lipinski definition) is 3. The predicted octanol–water partition coefficient (Wildman–Crippen LogP) is 4.81. The molecule has 4 heteroatoms. The number of anilines is 1. The lowest BCUT2D eigenvalue weighted by molar-refractivity contribution is 0.105. The van der Waals surface area contributed by atoms with Crippen molar-refractivity contribution in [1.82, 2.24) is 4.98 Å². The van der Waals surface area contributed by atoms with E-state index >= 15 is 0 Å². The van der Waals surface area contributed by atoms with Crippen LogP contribution in [0.5, 0.6) is 0 Å². The molecule has 1 N–H and O–H groups in total. The Labute approximate surface area is 113 Å². The van der Waals surface area contributed by atoms with Crippen LogP contribution >= 0.6 is 22.9 Å². The van der Waals surface area contributed by atoms with Crippen LogP contribution in [0.3, 0.4) is 0 Å². The van der Waals surface area contributed by atoms with Crippen molar-refractivity contribution >= 4 is 28.1 Å². The van der Waals surface area contributed by atoms with Crippen LogP contribution in [-0.4, -0.2) is 11.0 Å². The number of rotatable bonds is 2. The average molecular weight is 273 g/mol. The molecule has 0 saturated heterocycles. The van der Waals surface area contributed by atoms with Gasteiger partial charge in [-0.25, -0.2) is 4.98 Å². The smallest absolute Gasteiger partial charge is 0.184 e. The Morgan fingerprint density at radius 1 is 1.29 bits per heavy atom. The van der Waals surface area contributed by atoms with Crippen LogP contribution in [-0.2, 0) is 0 Å². The van der Waals surface area contributed by atoms with Crippen LogP contribution in [0.1, 0.15) is 47.0 Å². The van der Waals surface area contributed by atoms with E-state index in [1.165, 1.54) is 19.3 Å². The van der Waals surface area contributed by atoms with Crippen LogP contribution in [0.2, 0.25) is 5.15 Å². The van der Waals surface area contributed by atoms with E-state index < -0.39 is 0 Å². The molecule has 96 valence electrons. The fourth-order valence-corrected chi connectivity index (χ4v) is 4.36. The first-order chi connectivity index (χ1) is 7.76. The van der Waals surface area contributed by atoms with Gasteiger partial charge >= 0.3 is 0 Å². The van der Waals surface area contributed by atoms with Crippen molar-refractivity contribution in [2.75, 3.05) is 5.32 Å². The summed E-state index contributed by atoms with van der Waals surface area (Å²) in [7, 11) is 0. The number of nitrogens with zero attached hydrogens (tertiary/aromatic N) is 1. The molecule has 2 rings (SSSR count). The van der Waals surface area contributed by atoms with E-state index in [0.29, 0.717) is 22.0 Å². The highest BCUT2D eigenvalue weighted by molar-refractivity contribution is 7.14. The second kappa shape index (κ2) is 4.43. The first kappa shape index (κ1) is 13.2. The minimum atomic E-state index is 0.403. The van der Waals surface area contributed by atoms with E-state index in [9.17, 15) is 0 Å². The summed E-state index contributed by atoms with van der Waals surface area (Å²) in [5.41, 5.74) is 0.806. The largest absolute Gasteiger partial charge is 0.359 e. The molecule has 1 saturated carbocycles. The van der Waals surface area contributed by atoms with E-state index in [2.05, 4.69) is 38.0 Å². The second-order valence-corrected chi connectivity index (χ2v) is 7.98. The van der Waals surface area contributed by atoms with E-state index in [1.54, 1.807) is 11.3 Å². The molecule has 1 heterocycles. The third-order valence-corrected chi connectivity index (χ3v) is 4.46. The van der Waals surface area contributed by atoms with E-state index in [1.807, 2.05) is 5.38 Å². The first-order valence-corrected chi connectivity index (χ1v) is 7.39. The normalized spacial score (nSPS) is 23.6. The third kappa shape index (κ3) is 3.59. The monoisotopic (exact) mass is 272 g/mol. The zero-order chi connectivity index (χ0) is 12.7. The lowest BCUT2D eigenvalue weighted by Crippen LogP contribution is -2.40. The van der Waals surface area contributed by atoms with Crippen LogP contribution < -0.4 is 5.32 Å². The average Bonchev–Trinajstić information content (AvgIpc) is 2.44. The Morgan fingerprint density at radius 2 is 1.88 bits per heavy atom. The fraction of sp³-hybridized carbons (Fsp3) is 0.769. The van der Waals surface area contributed by atoms with Crippen LogP contribution in [0, 0.1) is 10.8 Å². The van der Waals surface area contributed by atoms with Crippen LogP contribution in [0.25, 0.3) is 0 Å². The summed E-state index contributed by atoms with van der Waals surface area (Å²) in [5.74, 6) is 0. The van der Waals surface area contributed by atoms with Crippen LogP contribution in [0.15, 0.2) is 5.38 Å². The second-order valence-electron chi connectivity index (χ2n) is 6.73. The maximum absolute atomic E-state index is 5.85. The van der Waals surface area contributed by atoms with E-state index in [0.717, 1.165) is 5.13 Å². The zero-order valence-corrected chi connectivity index (χ0v) is 12.6. The standard InChI is InChI=1S/C13H21ClN2S/c1-12(2)5-9(6-13(3,4)8-12)15-11-16-10(14)7-17-11/h7,9H,5-6,8H2,1-4H3,(H,15,16). The molecule has 1 fully saturated rings. The van der Waals surface area contributed by atoms with Gasteiger partial charge in [-0.05, 0) is 30.1 Å². The van der Waals surface area contributed by atoms with Gasteiger partial charge in [-0.1, -0.05) is 39.3 Å². The topological polar surface area (TPSA) is 24.9 Å². The minimum Gasteiger partial charge on any atom is -0.359 e. The molecule has 0 atom stereocenters. The minimum absolute atomic E-state index is 0.403. The molecule has 1 aromatic heterocycles. The summed E-state index contributed by atoms with van der Waals surface area (Å²) in [6, 6.07) is 0.510. The molecule has 1 aliphatic rings. The lowest BCUT2D eigenvalue weighted by atomic mass is 9.63. The van der Waals surface area contributed by atoms with Gasteiger partial charge in [-0.2, -0.15) is 0 Å². The molecule has 0 amide bonds. The van der Waals surface area contributed by atoms with Gasteiger partial charge in [0.25, 0.3) is 0 Å². The van der Waals surface area contributed by atoms with Gasteiger partial charge in [0.2, 0.25) is 0 Å². The van der Waals surface area contributed by atoms with Gasteiger partial charge in [0, 0.05) is 11.4 Å². The van der Waals surface area contributed by atoms with Crippen molar-refractivity contribution in [2.24, 2.45) is 10.8 Å².